The molecule has 3 aliphatic rings. The predicted octanol–water partition coefficient (Wildman–Crippen LogP) is 1.94. The molecule has 3 aromatic rings. The molecule has 1 fully saturated rings. The molecule has 0 radical (unpaired) electrons. The zero-order valence-electron chi connectivity index (χ0n) is 29.3. The summed E-state index contributed by atoms with van der Waals surface area (Å²) in [4.78, 5) is 75.8. The van der Waals surface area contributed by atoms with Gasteiger partial charge in [0.05, 0.1) is 11.7 Å². The fourth-order valence-electron chi connectivity index (χ4n) is 5.98. The average molecular weight is 698 g/mol. The van der Waals surface area contributed by atoms with Crippen LogP contribution in [0.15, 0.2) is 73.2 Å². The van der Waals surface area contributed by atoms with E-state index in [0.29, 0.717) is 37.1 Å². The van der Waals surface area contributed by atoms with Crippen molar-refractivity contribution in [2.75, 3.05) is 6.61 Å². The summed E-state index contributed by atoms with van der Waals surface area (Å²) >= 11 is 0. The van der Waals surface area contributed by atoms with Gasteiger partial charge in [-0.2, -0.15) is 0 Å². The third kappa shape index (κ3) is 10.8. The second-order valence-corrected chi connectivity index (χ2v) is 13.8. The molecule has 2 aliphatic heterocycles. The van der Waals surface area contributed by atoms with Crippen molar-refractivity contribution in [2.45, 2.75) is 95.4 Å². The highest BCUT2D eigenvalue weighted by molar-refractivity contribution is 5.99. The molecule has 270 valence electrons. The number of hydrogen-bond donors (Lipinski definition) is 5. The molecule has 2 bridgehead atoms. The Kier molecular flexibility index (Phi) is 12.4. The van der Waals surface area contributed by atoms with Crippen molar-refractivity contribution >= 4 is 29.5 Å². The summed E-state index contributed by atoms with van der Waals surface area (Å²) in [5.41, 5.74) is 1.06. The lowest BCUT2D eigenvalue weighted by atomic mass is 10.0. The van der Waals surface area contributed by atoms with Crippen molar-refractivity contribution in [3.05, 3.63) is 90.0 Å². The summed E-state index contributed by atoms with van der Waals surface area (Å²) in [6.45, 7) is 5.83. The second kappa shape index (κ2) is 17.1. The Labute approximate surface area is 298 Å². The first-order valence-electron chi connectivity index (χ1n) is 17.5. The minimum Gasteiger partial charge on any atom is -0.491 e. The third-order valence-corrected chi connectivity index (χ3v) is 9.00. The van der Waals surface area contributed by atoms with E-state index in [1.165, 1.54) is 6.92 Å². The first-order chi connectivity index (χ1) is 24.5. The van der Waals surface area contributed by atoms with E-state index in [-0.39, 0.29) is 49.6 Å². The Bertz CT molecular complexity index is 1660. The number of rotatable bonds is 8. The Morgan fingerprint density at radius 1 is 0.941 bits per heavy atom. The van der Waals surface area contributed by atoms with Gasteiger partial charge in [-0.1, -0.05) is 56.3 Å². The first-order valence-corrected chi connectivity index (χ1v) is 17.5. The molecule has 3 heterocycles. The van der Waals surface area contributed by atoms with Crippen molar-refractivity contribution in [2.24, 2.45) is 5.92 Å². The maximum absolute atomic E-state index is 13.8. The zero-order chi connectivity index (χ0) is 36.4. The van der Waals surface area contributed by atoms with E-state index in [0.717, 1.165) is 11.1 Å². The van der Waals surface area contributed by atoms with Gasteiger partial charge >= 0.3 is 0 Å². The van der Waals surface area contributed by atoms with Crippen LogP contribution in [0.4, 0.5) is 0 Å². The Morgan fingerprint density at radius 2 is 1.69 bits per heavy atom. The molecular formula is C38H47N7O6. The molecular weight excluding hydrogens is 650 g/mol. The van der Waals surface area contributed by atoms with Crippen molar-refractivity contribution in [1.82, 2.24) is 36.6 Å². The van der Waals surface area contributed by atoms with Crippen molar-refractivity contribution < 1.29 is 28.7 Å². The van der Waals surface area contributed by atoms with Gasteiger partial charge in [-0.25, -0.2) is 0 Å². The van der Waals surface area contributed by atoms with E-state index < -0.39 is 41.4 Å². The van der Waals surface area contributed by atoms with Gasteiger partial charge in [0, 0.05) is 37.9 Å². The number of fused-ring (bicyclic) bond motifs is 15. The lowest BCUT2D eigenvalue weighted by molar-refractivity contribution is -0.135. The highest BCUT2D eigenvalue weighted by Gasteiger charge is 2.52. The molecule has 1 spiro atoms. The summed E-state index contributed by atoms with van der Waals surface area (Å²) in [6, 6.07) is 13.3. The summed E-state index contributed by atoms with van der Waals surface area (Å²) in [5, 5.41) is 14.4. The largest absolute Gasteiger partial charge is 0.491 e. The maximum atomic E-state index is 13.8. The van der Waals surface area contributed by atoms with Gasteiger partial charge in [0.1, 0.15) is 36.0 Å². The molecule has 1 saturated carbocycles. The normalized spacial score (nSPS) is 22.6. The molecule has 4 atom stereocenters. The molecule has 1 aromatic heterocycles. The Morgan fingerprint density at radius 3 is 2.35 bits per heavy atom. The van der Waals surface area contributed by atoms with E-state index in [1.54, 1.807) is 30.7 Å². The molecule has 0 saturated heterocycles. The van der Waals surface area contributed by atoms with Gasteiger partial charge in [0.15, 0.2) is 0 Å². The van der Waals surface area contributed by atoms with E-state index >= 15 is 0 Å². The number of ether oxygens (including phenoxy) is 1. The monoisotopic (exact) mass is 697 g/mol. The maximum Gasteiger partial charge on any atom is 0.246 e. The summed E-state index contributed by atoms with van der Waals surface area (Å²) in [6.07, 6.45) is 6.92. The first kappa shape index (κ1) is 36.9. The van der Waals surface area contributed by atoms with Gasteiger partial charge in [0.25, 0.3) is 0 Å². The number of carbonyl (C=O) groups is 5. The number of amides is 5. The summed E-state index contributed by atoms with van der Waals surface area (Å²) in [7, 11) is 0. The minimum absolute atomic E-state index is 0.0856. The smallest absolute Gasteiger partial charge is 0.246 e. The fourth-order valence-corrected chi connectivity index (χ4v) is 5.98. The van der Waals surface area contributed by atoms with Crippen LogP contribution in [0.3, 0.4) is 0 Å². The summed E-state index contributed by atoms with van der Waals surface area (Å²) < 4.78 is 6.12. The molecule has 5 amide bonds. The number of aromatic nitrogens is 2. The minimum atomic E-state index is -1.21. The second-order valence-electron chi connectivity index (χ2n) is 13.8. The quantitative estimate of drug-likeness (QED) is 0.222. The van der Waals surface area contributed by atoms with Crippen LogP contribution >= 0.6 is 0 Å². The van der Waals surface area contributed by atoms with Crippen molar-refractivity contribution in [1.29, 1.82) is 0 Å². The molecule has 13 nitrogen and oxygen atoms in total. The van der Waals surface area contributed by atoms with E-state index in [2.05, 4.69) is 50.4 Å². The van der Waals surface area contributed by atoms with E-state index in [1.807, 2.05) is 42.5 Å². The number of aryl methyl sites for hydroxylation is 1. The van der Waals surface area contributed by atoms with Crippen LogP contribution < -0.4 is 31.3 Å². The molecule has 6 rings (SSSR count). The topological polar surface area (TPSA) is 181 Å². The molecule has 2 aromatic carbocycles. The van der Waals surface area contributed by atoms with Gasteiger partial charge < -0.3 is 31.3 Å². The van der Waals surface area contributed by atoms with Crippen LogP contribution in [-0.4, -0.2) is 75.8 Å². The van der Waals surface area contributed by atoms with Gasteiger partial charge in [-0.3, -0.25) is 33.9 Å². The highest BCUT2D eigenvalue weighted by Crippen LogP contribution is 2.36. The van der Waals surface area contributed by atoms with Crippen LogP contribution in [0.2, 0.25) is 0 Å². The molecule has 51 heavy (non-hydrogen) atoms. The van der Waals surface area contributed by atoms with Gasteiger partial charge in [-0.05, 0) is 61.8 Å². The number of hydrogen-bond acceptors (Lipinski definition) is 8. The Hall–Kier alpha value is -5.33. The van der Waals surface area contributed by atoms with Crippen LogP contribution in [0, 0.1) is 5.92 Å². The number of nitrogens with zero attached hydrogens (tertiary/aromatic N) is 2. The molecule has 13 heteroatoms. The van der Waals surface area contributed by atoms with E-state index in [9.17, 15) is 24.0 Å². The van der Waals surface area contributed by atoms with Crippen LogP contribution in [0.5, 0.6) is 5.75 Å². The van der Waals surface area contributed by atoms with Crippen LogP contribution in [0.1, 0.15) is 63.3 Å². The third-order valence-electron chi connectivity index (χ3n) is 9.00. The van der Waals surface area contributed by atoms with Crippen LogP contribution in [-0.2, 0) is 43.2 Å². The molecule has 1 aliphatic carbocycles. The van der Waals surface area contributed by atoms with E-state index in [4.69, 9.17) is 4.74 Å². The van der Waals surface area contributed by atoms with Crippen molar-refractivity contribution in [3.63, 3.8) is 0 Å². The van der Waals surface area contributed by atoms with Gasteiger partial charge in [-0.15, -0.1) is 0 Å². The van der Waals surface area contributed by atoms with Crippen LogP contribution in [0.25, 0.3) is 0 Å². The Balaban J connectivity index is 1.38. The highest BCUT2D eigenvalue weighted by atomic mass is 16.5. The zero-order valence-corrected chi connectivity index (χ0v) is 29.3. The summed E-state index contributed by atoms with van der Waals surface area (Å²) in [5.74, 6) is -1.46. The lowest BCUT2D eigenvalue weighted by Crippen LogP contribution is -2.59. The van der Waals surface area contributed by atoms with Gasteiger partial charge in [0.2, 0.25) is 29.5 Å². The van der Waals surface area contributed by atoms with Crippen molar-refractivity contribution in [3.8, 4) is 5.75 Å². The molecule has 0 unspecified atom stereocenters. The SMILES string of the molecule is CC(C)C[C@H]1COc2ccc(cc2)C[C@H](NC(=O)CCc2cnccn2)C(=O)N[C@H](C)C(=O)NC2(CC2)C(=O)N[C@H](Cc2ccccc2)C(=O)N1. The lowest BCUT2D eigenvalue weighted by Gasteiger charge is -2.27. The number of benzene rings is 2. The number of carbonyl (C=O) groups excluding carboxylic acids is 5. The molecule has 5 N–H and O–H groups in total. The number of nitrogens with one attached hydrogen (secondary N) is 5. The fraction of sp³-hybridized carbons (Fsp3) is 0.447. The average Bonchev–Trinajstić information content (AvgIpc) is 3.90. The predicted molar refractivity (Wildman–Crippen MR) is 189 cm³/mol. The standard InChI is InChI=1S/C38H47N7O6/c1-24(2)19-29-23-51-30-12-9-27(10-13-30)21-31(43-33(46)14-11-28-22-39-17-18-40-28)35(48)41-25(3)34(47)45-38(15-16-38)37(50)44-32(36(49)42-29)20-26-7-5-4-6-8-26/h4-10,12-13,17-18,22,24-25,29,31-32H,11,14-16,19-21,23H2,1-3H3,(H,41,48)(H,42,49)(H,43,46)(H,44,50)(H,45,47)/t25-,29+,31+,32-/m1/s1.